The molecule has 2 saturated carbocycles. The highest BCUT2D eigenvalue weighted by atomic mass is 16.2. The maximum atomic E-state index is 12.2. The average molecular weight is 237 g/mol. The van der Waals surface area contributed by atoms with Gasteiger partial charge in [0.05, 0.1) is 0 Å². The summed E-state index contributed by atoms with van der Waals surface area (Å²) in [7, 11) is 0. The second kappa shape index (κ2) is 3.49. The minimum atomic E-state index is -0.283. The van der Waals surface area contributed by atoms with Gasteiger partial charge in [-0.1, -0.05) is 41.5 Å². The zero-order valence-electron chi connectivity index (χ0n) is 12.2. The van der Waals surface area contributed by atoms with Crippen molar-refractivity contribution in [3.05, 3.63) is 0 Å². The molecule has 17 heavy (non-hydrogen) atoms. The van der Waals surface area contributed by atoms with Gasteiger partial charge >= 0.3 is 0 Å². The Morgan fingerprint density at radius 2 is 1.82 bits per heavy atom. The van der Waals surface area contributed by atoms with Gasteiger partial charge in [-0.3, -0.25) is 4.79 Å². The first-order valence-electron chi connectivity index (χ1n) is 6.88. The Hall–Kier alpha value is -0.530. The molecule has 0 saturated heterocycles. The van der Waals surface area contributed by atoms with Gasteiger partial charge in [-0.05, 0) is 36.0 Å². The fourth-order valence-electron chi connectivity index (χ4n) is 4.01. The van der Waals surface area contributed by atoms with Crippen molar-refractivity contribution in [3.63, 3.8) is 0 Å². The molecule has 2 rings (SSSR count). The molecule has 2 bridgehead atoms. The third-order valence-corrected chi connectivity index (χ3v) is 5.23. The van der Waals surface area contributed by atoms with E-state index in [2.05, 4.69) is 26.1 Å². The summed E-state index contributed by atoms with van der Waals surface area (Å²) < 4.78 is 0. The van der Waals surface area contributed by atoms with Gasteiger partial charge in [0.2, 0.25) is 5.91 Å². The first-order chi connectivity index (χ1) is 7.57. The summed E-state index contributed by atoms with van der Waals surface area (Å²) in [5.74, 6) is 0.988. The van der Waals surface area contributed by atoms with E-state index in [0.29, 0.717) is 11.5 Å². The van der Waals surface area contributed by atoms with E-state index < -0.39 is 0 Å². The molecule has 0 radical (unpaired) electrons. The van der Waals surface area contributed by atoms with Gasteiger partial charge in [0.25, 0.3) is 0 Å². The Morgan fingerprint density at radius 1 is 1.24 bits per heavy atom. The minimum Gasteiger partial charge on any atom is -0.352 e. The van der Waals surface area contributed by atoms with Crippen LogP contribution < -0.4 is 5.32 Å². The number of carbonyl (C=O) groups excluding carboxylic acids is 1. The van der Waals surface area contributed by atoms with Crippen molar-refractivity contribution >= 4 is 5.91 Å². The Balaban J connectivity index is 2.19. The molecule has 3 atom stereocenters. The van der Waals surface area contributed by atoms with Crippen LogP contribution in [0.5, 0.6) is 0 Å². The SMILES string of the molecule is CC(C)(C)C(=O)NC1C2(C)CCC(C2)C1(C)C. The molecule has 0 spiro atoms. The quantitative estimate of drug-likeness (QED) is 0.744. The summed E-state index contributed by atoms with van der Waals surface area (Å²) in [5, 5.41) is 3.34. The molecule has 0 heterocycles. The lowest BCUT2D eigenvalue weighted by Crippen LogP contribution is -2.54. The molecule has 2 fully saturated rings. The lowest BCUT2D eigenvalue weighted by molar-refractivity contribution is -0.131. The van der Waals surface area contributed by atoms with Crippen LogP contribution in [0, 0.1) is 22.2 Å². The molecular formula is C15H27NO. The van der Waals surface area contributed by atoms with Gasteiger partial charge < -0.3 is 5.32 Å². The summed E-state index contributed by atoms with van der Waals surface area (Å²) in [5.41, 5.74) is 0.303. The third kappa shape index (κ3) is 1.90. The highest BCUT2D eigenvalue weighted by molar-refractivity contribution is 5.81. The lowest BCUT2D eigenvalue weighted by Gasteiger charge is -2.44. The van der Waals surface area contributed by atoms with Crippen LogP contribution in [0.4, 0.5) is 0 Å². The number of hydrogen-bond donors (Lipinski definition) is 1. The molecule has 2 heteroatoms. The van der Waals surface area contributed by atoms with Crippen LogP contribution in [-0.2, 0) is 4.79 Å². The maximum Gasteiger partial charge on any atom is 0.225 e. The van der Waals surface area contributed by atoms with Gasteiger partial charge in [0, 0.05) is 11.5 Å². The molecular weight excluding hydrogens is 210 g/mol. The van der Waals surface area contributed by atoms with Crippen molar-refractivity contribution in [1.29, 1.82) is 0 Å². The predicted molar refractivity (Wildman–Crippen MR) is 70.6 cm³/mol. The number of nitrogens with one attached hydrogen (secondary N) is 1. The van der Waals surface area contributed by atoms with E-state index in [4.69, 9.17) is 0 Å². The number of hydrogen-bond acceptors (Lipinski definition) is 1. The highest BCUT2D eigenvalue weighted by Crippen LogP contribution is 2.62. The molecule has 2 nitrogen and oxygen atoms in total. The van der Waals surface area contributed by atoms with Crippen LogP contribution in [0.3, 0.4) is 0 Å². The second-order valence-corrected chi connectivity index (χ2v) is 8.07. The van der Waals surface area contributed by atoms with Gasteiger partial charge in [-0.2, -0.15) is 0 Å². The summed E-state index contributed by atoms with van der Waals surface area (Å²) in [6.45, 7) is 13.0. The highest BCUT2D eigenvalue weighted by Gasteiger charge is 2.59. The first kappa shape index (κ1) is 12.9. The van der Waals surface area contributed by atoms with Gasteiger partial charge in [-0.15, -0.1) is 0 Å². The van der Waals surface area contributed by atoms with E-state index in [1.165, 1.54) is 19.3 Å². The van der Waals surface area contributed by atoms with Crippen LogP contribution >= 0.6 is 0 Å². The van der Waals surface area contributed by atoms with Crippen molar-refractivity contribution < 1.29 is 4.79 Å². The fourth-order valence-corrected chi connectivity index (χ4v) is 4.01. The topological polar surface area (TPSA) is 29.1 Å². The number of carbonyl (C=O) groups is 1. The Morgan fingerprint density at radius 3 is 2.24 bits per heavy atom. The summed E-state index contributed by atoms with van der Waals surface area (Å²) >= 11 is 0. The average Bonchev–Trinajstić information content (AvgIpc) is 2.62. The summed E-state index contributed by atoms with van der Waals surface area (Å²) in [6, 6.07) is 0.348. The Kier molecular flexibility index (Phi) is 2.65. The molecule has 0 aliphatic heterocycles. The lowest BCUT2D eigenvalue weighted by atomic mass is 9.68. The summed E-state index contributed by atoms with van der Waals surface area (Å²) in [6.07, 6.45) is 3.90. The van der Waals surface area contributed by atoms with E-state index in [1.54, 1.807) is 0 Å². The molecule has 1 amide bonds. The molecule has 2 aliphatic carbocycles. The minimum absolute atomic E-state index is 0.198. The van der Waals surface area contributed by atoms with Crippen molar-refractivity contribution in [2.75, 3.05) is 0 Å². The molecule has 0 aromatic rings. The molecule has 1 N–H and O–H groups in total. The number of rotatable bonds is 1. The number of fused-ring (bicyclic) bond motifs is 2. The summed E-state index contributed by atoms with van der Waals surface area (Å²) in [4.78, 5) is 12.2. The first-order valence-corrected chi connectivity index (χ1v) is 6.88. The standard InChI is InChI=1S/C15H27NO/c1-13(2,3)12(17)16-11-14(4,5)10-7-8-15(11,6)9-10/h10-11H,7-9H2,1-6H3,(H,16,17). The zero-order chi connectivity index (χ0) is 13.1. The molecule has 2 aliphatic rings. The molecule has 3 unspecified atom stereocenters. The fraction of sp³-hybridized carbons (Fsp3) is 0.933. The normalized spacial score (nSPS) is 39.4. The monoisotopic (exact) mass is 237 g/mol. The Labute approximate surface area is 106 Å². The van der Waals surface area contributed by atoms with E-state index in [-0.39, 0.29) is 16.7 Å². The predicted octanol–water partition coefficient (Wildman–Crippen LogP) is 3.36. The van der Waals surface area contributed by atoms with Crippen molar-refractivity contribution in [3.8, 4) is 0 Å². The molecule has 98 valence electrons. The third-order valence-electron chi connectivity index (χ3n) is 5.23. The smallest absolute Gasteiger partial charge is 0.225 e. The van der Waals surface area contributed by atoms with E-state index in [1.807, 2.05) is 20.8 Å². The number of amides is 1. The maximum absolute atomic E-state index is 12.2. The van der Waals surface area contributed by atoms with Crippen LogP contribution in [0.15, 0.2) is 0 Å². The van der Waals surface area contributed by atoms with Gasteiger partial charge in [-0.25, -0.2) is 0 Å². The largest absolute Gasteiger partial charge is 0.352 e. The van der Waals surface area contributed by atoms with E-state index in [9.17, 15) is 4.79 Å². The second-order valence-electron chi connectivity index (χ2n) is 8.07. The zero-order valence-corrected chi connectivity index (χ0v) is 12.2. The van der Waals surface area contributed by atoms with Crippen LogP contribution in [0.2, 0.25) is 0 Å². The van der Waals surface area contributed by atoms with Crippen LogP contribution in [0.25, 0.3) is 0 Å². The van der Waals surface area contributed by atoms with Gasteiger partial charge in [0.1, 0.15) is 0 Å². The van der Waals surface area contributed by atoms with E-state index >= 15 is 0 Å². The van der Waals surface area contributed by atoms with Crippen molar-refractivity contribution in [1.82, 2.24) is 5.32 Å². The van der Waals surface area contributed by atoms with Crippen molar-refractivity contribution in [2.24, 2.45) is 22.2 Å². The van der Waals surface area contributed by atoms with Gasteiger partial charge in [0.15, 0.2) is 0 Å². The van der Waals surface area contributed by atoms with E-state index in [0.717, 1.165) is 5.92 Å². The molecule has 0 aromatic heterocycles. The van der Waals surface area contributed by atoms with Crippen molar-refractivity contribution in [2.45, 2.75) is 66.8 Å². The Bertz CT molecular complexity index is 335. The van der Waals surface area contributed by atoms with Crippen LogP contribution in [0.1, 0.15) is 60.8 Å². The van der Waals surface area contributed by atoms with Crippen LogP contribution in [-0.4, -0.2) is 11.9 Å². The molecule has 0 aromatic carbocycles.